The maximum absolute atomic E-state index is 13.0. The Balaban J connectivity index is 1.43. The Morgan fingerprint density at radius 3 is 2.80 bits per heavy atom. The molecule has 35 heavy (non-hydrogen) atoms. The highest BCUT2D eigenvalue weighted by atomic mass is 32.2. The molecule has 0 bridgehead atoms. The predicted octanol–water partition coefficient (Wildman–Crippen LogP) is 4.83. The van der Waals surface area contributed by atoms with Crippen LogP contribution in [0.2, 0.25) is 0 Å². The number of dihydropyridines is 1. The van der Waals surface area contributed by atoms with E-state index < -0.39 is 5.92 Å². The van der Waals surface area contributed by atoms with Gasteiger partial charge >= 0.3 is 0 Å². The fourth-order valence-electron chi connectivity index (χ4n) is 4.74. The highest BCUT2D eigenvalue weighted by Crippen LogP contribution is 2.46. The number of fused-ring (bicyclic) bond motifs is 1. The van der Waals surface area contributed by atoms with Crippen molar-refractivity contribution in [2.75, 3.05) is 17.9 Å². The number of carbonyl (C=O) groups is 2. The van der Waals surface area contributed by atoms with Gasteiger partial charge < -0.3 is 20.1 Å². The van der Waals surface area contributed by atoms with E-state index >= 15 is 0 Å². The first-order valence-corrected chi connectivity index (χ1v) is 12.5. The molecule has 0 aromatic heterocycles. The fraction of sp³-hybridized carbons (Fsp3) is 0.296. The van der Waals surface area contributed by atoms with Crippen molar-refractivity contribution >= 4 is 29.1 Å². The molecule has 2 aliphatic heterocycles. The highest BCUT2D eigenvalue weighted by molar-refractivity contribution is 8.03. The molecule has 0 radical (unpaired) electrons. The van der Waals surface area contributed by atoms with Crippen molar-refractivity contribution in [3.8, 4) is 17.6 Å². The van der Waals surface area contributed by atoms with E-state index in [4.69, 9.17) is 9.47 Å². The van der Waals surface area contributed by atoms with Crippen molar-refractivity contribution in [1.82, 2.24) is 5.32 Å². The van der Waals surface area contributed by atoms with Crippen LogP contribution in [-0.2, 0) is 9.59 Å². The van der Waals surface area contributed by atoms with Gasteiger partial charge in [-0.2, -0.15) is 5.26 Å². The third-order valence-corrected chi connectivity index (χ3v) is 7.41. The lowest BCUT2D eigenvalue weighted by atomic mass is 9.77. The second kappa shape index (κ2) is 9.51. The minimum Gasteiger partial charge on any atom is -0.454 e. The summed E-state index contributed by atoms with van der Waals surface area (Å²) in [6.07, 6.45) is 1.94. The highest BCUT2D eigenvalue weighted by Gasteiger charge is 2.37. The molecule has 3 aliphatic rings. The average molecular weight is 488 g/mol. The lowest BCUT2D eigenvalue weighted by molar-refractivity contribution is -0.116. The Morgan fingerprint density at radius 2 is 2.00 bits per heavy atom. The van der Waals surface area contributed by atoms with Crippen LogP contribution in [-0.4, -0.2) is 24.2 Å². The van der Waals surface area contributed by atoms with E-state index in [2.05, 4.69) is 16.7 Å². The molecule has 2 N–H and O–H groups in total. The number of anilines is 1. The van der Waals surface area contributed by atoms with Gasteiger partial charge in [-0.15, -0.1) is 0 Å². The Bertz CT molecular complexity index is 1340. The third-order valence-electron chi connectivity index (χ3n) is 6.40. The van der Waals surface area contributed by atoms with Crippen molar-refractivity contribution in [3.05, 3.63) is 75.0 Å². The molecule has 5 rings (SSSR count). The molecule has 0 fully saturated rings. The number of nitrogens with one attached hydrogen (secondary N) is 2. The van der Waals surface area contributed by atoms with Crippen molar-refractivity contribution < 1.29 is 19.1 Å². The number of nitrogens with zero attached hydrogens (tertiary/aromatic N) is 1. The van der Waals surface area contributed by atoms with Crippen LogP contribution in [0, 0.1) is 25.2 Å². The number of amides is 1. The summed E-state index contributed by atoms with van der Waals surface area (Å²) in [7, 11) is 0. The van der Waals surface area contributed by atoms with Crippen molar-refractivity contribution in [3.63, 3.8) is 0 Å². The fourth-order valence-corrected chi connectivity index (χ4v) is 5.60. The van der Waals surface area contributed by atoms with Crippen LogP contribution in [0.5, 0.6) is 11.5 Å². The van der Waals surface area contributed by atoms with Gasteiger partial charge in [-0.3, -0.25) is 9.59 Å². The lowest BCUT2D eigenvalue weighted by Gasteiger charge is -2.33. The summed E-state index contributed by atoms with van der Waals surface area (Å²) in [5.74, 6) is 0.755. The Morgan fingerprint density at radius 1 is 1.17 bits per heavy atom. The maximum Gasteiger partial charge on any atom is 0.234 e. The first-order chi connectivity index (χ1) is 16.9. The molecule has 8 heteroatoms. The smallest absolute Gasteiger partial charge is 0.234 e. The number of hydrogen-bond acceptors (Lipinski definition) is 7. The van der Waals surface area contributed by atoms with Crippen molar-refractivity contribution in [2.24, 2.45) is 0 Å². The van der Waals surface area contributed by atoms with E-state index in [1.54, 1.807) is 0 Å². The van der Waals surface area contributed by atoms with E-state index in [-0.39, 0.29) is 24.2 Å². The van der Waals surface area contributed by atoms with Gasteiger partial charge in [-0.25, -0.2) is 0 Å². The van der Waals surface area contributed by atoms with Gasteiger partial charge in [0.25, 0.3) is 0 Å². The van der Waals surface area contributed by atoms with Crippen LogP contribution in [0.3, 0.4) is 0 Å². The number of rotatable bonds is 5. The quantitative estimate of drug-likeness (QED) is 0.623. The molecule has 7 nitrogen and oxygen atoms in total. The van der Waals surface area contributed by atoms with Gasteiger partial charge in [0.05, 0.1) is 28.3 Å². The molecular formula is C27H25N3O4S. The van der Waals surface area contributed by atoms with Gasteiger partial charge in [-0.05, 0) is 56.0 Å². The number of aryl methyl sites for hydroxylation is 2. The topological polar surface area (TPSA) is 100 Å². The van der Waals surface area contributed by atoms with Crippen molar-refractivity contribution in [1.29, 1.82) is 5.26 Å². The van der Waals surface area contributed by atoms with Gasteiger partial charge in [0.15, 0.2) is 17.3 Å². The molecule has 0 unspecified atom stereocenters. The molecule has 1 atom stereocenters. The number of Topliss-reactive ketones (excluding diaryl/α,β-unsaturated/α-hetero) is 1. The zero-order valence-corrected chi connectivity index (χ0v) is 20.4. The Hall–Kier alpha value is -3.70. The van der Waals surface area contributed by atoms with Gasteiger partial charge in [0, 0.05) is 23.4 Å². The van der Waals surface area contributed by atoms with Crippen molar-refractivity contribution in [2.45, 2.75) is 39.0 Å². The summed E-state index contributed by atoms with van der Waals surface area (Å²) in [4.78, 5) is 25.7. The van der Waals surface area contributed by atoms with Gasteiger partial charge in [0.1, 0.15) is 0 Å². The minimum atomic E-state index is -0.511. The van der Waals surface area contributed by atoms with Crippen LogP contribution < -0.4 is 20.1 Å². The molecule has 178 valence electrons. The first-order valence-electron chi connectivity index (χ1n) is 11.5. The predicted molar refractivity (Wildman–Crippen MR) is 134 cm³/mol. The normalized spacial score (nSPS) is 18.7. The number of ketones is 1. The molecule has 0 saturated carbocycles. The summed E-state index contributed by atoms with van der Waals surface area (Å²) >= 11 is 1.28. The van der Waals surface area contributed by atoms with E-state index in [1.807, 2.05) is 50.2 Å². The molecule has 2 aromatic carbocycles. The van der Waals surface area contributed by atoms with E-state index in [0.717, 1.165) is 40.9 Å². The number of nitriles is 1. The standard InChI is InChI=1S/C27H25N3O4S/c1-15-6-8-19(16(2)10-15)29-24(32)13-35-27-18(12-28)25(26-20(30-27)4-3-5-21(26)31)17-7-9-22-23(11-17)34-14-33-22/h6-11,25,30H,3-5,13-14H2,1-2H3,(H,29,32)/t25-/m0/s1. The van der Waals surface area contributed by atoms with Gasteiger partial charge in [0.2, 0.25) is 12.7 Å². The van der Waals surface area contributed by atoms with E-state index in [1.165, 1.54) is 11.8 Å². The summed E-state index contributed by atoms with van der Waals surface area (Å²) in [5.41, 5.74) is 5.60. The zero-order chi connectivity index (χ0) is 24.5. The number of allylic oxidation sites excluding steroid dienone is 3. The largest absolute Gasteiger partial charge is 0.454 e. The SMILES string of the molecule is Cc1ccc(NC(=O)CSC2=C(C#N)[C@H](c3ccc4c(c3)OCO4)C3=C(CCCC3=O)N2)c(C)c1. The molecular weight excluding hydrogens is 462 g/mol. The molecule has 2 heterocycles. The third kappa shape index (κ3) is 4.52. The second-order valence-electron chi connectivity index (χ2n) is 8.85. The van der Waals surface area contributed by atoms with Crippen LogP contribution in [0.1, 0.15) is 41.9 Å². The van der Waals surface area contributed by atoms with Gasteiger partial charge in [-0.1, -0.05) is 35.5 Å². The summed E-state index contributed by atoms with van der Waals surface area (Å²) in [6, 6.07) is 13.7. The molecule has 1 aliphatic carbocycles. The number of carbonyl (C=O) groups excluding carboxylic acids is 2. The number of thioether (sulfide) groups is 1. The molecule has 0 spiro atoms. The minimum absolute atomic E-state index is 0.0470. The molecule has 1 amide bonds. The molecule has 0 saturated heterocycles. The first kappa shape index (κ1) is 23.1. The number of ether oxygens (including phenoxy) is 2. The van der Waals surface area contributed by atoms with Crippen LogP contribution in [0.15, 0.2) is 58.3 Å². The maximum atomic E-state index is 13.0. The molecule has 2 aromatic rings. The van der Waals surface area contributed by atoms with Crippen LogP contribution in [0.4, 0.5) is 5.69 Å². The monoisotopic (exact) mass is 487 g/mol. The summed E-state index contributed by atoms with van der Waals surface area (Å²) < 4.78 is 11.0. The number of benzene rings is 2. The Labute approximate surface area is 208 Å². The van der Waals surface area contributed by atoms with Crippen LogP contribution in [0.25, 0.3) is 0 Å². The number of hydrogen-bond donors (Lipinski definition) is 2. The van der Waals surface area contributed by atoms with Crippen LogP contribution >= 0.6 is 11.8 Å². The Kier molecular flexibility index (Phi) is 6.27. The van der Waals surface area contributed by atoms with E-state index in [0.29, 0.717) is 34.1 Å². The lowest BCUT2D eigenvalue weighted by Crippen LogP contribution is -2.31. The zero-order valence-electron chi connectivity index (χ0n) is 19.6. The summed E-state index contributed by atoms with van der Waals surface area (Å²) in [5, 5.41) is 17.1. The van der Waals surface area contributed by atoms with E-state index in [9.17, 15) is 14.9 Å². The second-order valence-corrected chi connectivity index (χ2v) is 9.84. The summed E-state index contributed by atoms with van der Waals surface area (Å²) in [6.45, 7) is 4.11. The average Bonchev–Trinajstić information content (AvgIpc) is 3.31.